The minimum atomic E-state index is -0.435. The van der Waals surface area contributed by atoms with E-state index in [1.807, 2.05) is 42.2 Å². The van der Waals surface area contributed by atoms with Crippen LogP contribution in [0.5, 0.6) is 0 Å². The minimum absolute atomic E-state index is 0.0159. The second kappa shape index (κ2) is 14.7. The predicted octanol–water partition coefficient (Wildman–Crippen LogP) is 5.99. The molecule has 1 aromatic rings. The van der Waals surface area contributed by atoms with Gasteiger partial charge < -0.3 is 14.5 Å². The Hall–Kier alpha value is -2.80. The molecule has 196 valence electrons. The summed E-state index contributed by atoms with van der Waals surface area (Å²) in [6.07, 6.45) is 8.91. The Balaban J connectivity index is 2.27. The number of nitrogens with zero attached hydrogens (tertiary/aromatic N) is 2. The molecule has 0 radical (unpaired) electrons. The monoisotopic (exact) mass is 512 g/mol. The van der Waals surface area contributed by atoms with Crippen LogP contribution in [-0.4, -0.2) is 65.0 Å². The molecule has 1 fully saturated rings. The zero-order valence-electron chi connectivity index (χ0n) is 22.0. The lowest BCUT2D eigenvalue weighted by atomic mass is 9.91. The molecule has 1 unspecified atom stereocenters. The summed E-state index contributed by atoms with van der Waals surface area (Å²) in [6.45, 7) is 13.2. The Bertz CT molecular complexity index is 936. The van der Waals surface area contributed by atoms with Crippen LogP contribution < -0.4 is 0 Å². The Labute approximate surface area is 220 Å². The largest absolute Gasteiger partial charge is 0.445 e. The van der Waals surface area contributed by atoms with Crippen LogP contribution in [0.25, 0.3) is 5.57 Å². The van der Waals surface area contributed by atoms with Crippen LogP contribution >= 0.6 is 11.8 Å². The fourth-order valence-electron chi connectivity index (χ4n) is 4.24. The molecule has 0 spiro atoms. The lowest BCUT2D eigenvalue weighted by molar-refractivity contribution is -0.133. The van der Waals surface area contributed by atoms with Crippen molar-refractivity contribution < 1.29 is 19.1 Å². The third-order valence-electron chi connectivity index (χ3n) is 5.93. The molecule has 1 aliphatic heterocycles. The average molecular weight is 513 g/mol. The van der Waals surface area contributed by atoms with Gasteiger partial charge in [-0.15, -0.1) is 0 Å². The fraction of sp³-hybridized carbons (Fsp3) is 0.483. The van der Waals surface area contributed by atoms with Crippen molar-refractivity contribution >= 4 is 35.0 Å². The van der Waals surface area contributed by atoms with Gasteiger partial charge >= 0.3 is 6.09 Å². The molecular formula is C29H40N2O4S. The number of thioether (sulfide) groups is 1. The summed E-state index contributed by atoms with van der Waals surface area (Å²) < 4.78 is 5.31. The van der Waals surface area contributed by atoms with Gasteiger partial charge in [0.1, 0.15) is 6.61 Å². The van der Waals surface area contributed by atoms with Gasteiger partial charge in [-0.05, 0) is 36.3 Å². The molecular weight excluding hydrogens is 472 g/mol. The first-order valence-corrected chi connectivity index (χ1v) is 13.4. The molecule has 1 aromatic carbocycles. The van der Waals surface area contributed by atoms with Gasteiger partial charge in [0.15, 0.2) is 5.62 Å². The van der Waals surface area contributed by atoms with Crippen molar-refractivity contribution in [3.63, 3.8) is 0 Å². The molecule has 6 nitrogen and oxygen atoms in total. The molecule has 1 heterocycles. The quantitative estimate of drug-likeness (QED) is 0.195. The number of carbonyl (C=O) groups is 3. The van der Waals surface area contributed by atoms with Crippen molar-refractivity contribution in [3.05, 3.63) is 66.8 Å². The van der Waals surface area contributed by atoms with Crippen LogP contribution in [0.1, 0.15) is 52.5 Å². The lowest BCUT2D eigenvalue weighted by Gasteiger charge is -2.32. The molecule has 0 bridgehead atoms. The van der Waals surface area contributed by atoms with Gasteiger partial charge in [0.2, 0.25) is 5.91 Å². The number of carbonyl (C=O) groups excluding carboxylic acids is 3. The van der Waals surface area contributed by atoms with Crippen molar-refractivity contribution in [1.82, 2.24) is 9.80 Å². The first-order valence-electron chi connectivity index (χ1n) is 12.5. The molecule has 2 atom stereocenters. The van der Waals surface area contributed by atoms with Gasteiger partial charge in [-0.1, -0.05) is 93.7 Å². The molecule has 0 N–H and O–H groups in total. The Morgan fingerprint density at radius 2 is 1.97 bits per heavy atom. The topological polar surface area (TPSA) is 66.9 Å². The lowest BCUT2D eigenvalue weighted by Crippen LogP contribution is -2.46. The average Bonchev–Trinajstić information content (AvgIpc) is 3.23. The number of hydrogen-bond donors (Lipinski definition) is 0. The summed E-state index contributed by atoms with van der Waals surface area (Å²) in [5, 5.41) is -0.0159. The van der Waals surface area contributed by atoms with Gasteiger partial charge in [-0.2, -0.15) is 0 Å². The number of benzene rings is 1. The summed E-state index contributed by atoms with van der Waals surface area (Å²) in [5.41, 5.74) is 2.93. The number of hydrogen-bond acceptors (Lipinski definition) is 5. The maximum atomic E-state index is 13.4. The molecule has 1 aliphatic rings. The second-order valence-electron chi connectivity index (χ2n) is 10.2. The summed E-state index contributed by atoms with van der Waals surface area (Å²) in [6, 6.07) is 9.94. The number of ether oxygens (including phenoxy) is 1. The van der Waals surface area contributed by atoms with Crippen LogP contribution in [0.4, 0.5) is 4.79 Å². The Morgan fingerprint density at radius 1 is 1.25 bits per heavy atom. The van der Waals surface area contributed by atoms with E-state index in [0.717, 1.165) is 16.8 Å². The van der Waals surface area contributed by atoms with Crippen molar-refractivity contribution in [3.8, 4) is 0 Å². The van der Waals surface area contributed by atoms with Crippen molar-refractivity contribution in [2.24, 2.45) is 5.41 Å². The highest BCUT2D eigenvalue weighted by Crippen LogP contribution is 2.29. The highest BCUT2D eigenvalue weighted by Gasteiger charge is 2.38. The molecule has 0 saturated carbocycles. The van der Waals surface area contributed by atoms with E-state index >= 15 is 0 Å². The zero-order valence-corrected chi connectivity index (χ0v) is 22.8. The first-order chi connectivity index (χ1) is 17.2. The summed E-state index contributed by atoms with van der Waals surface area (Å²) in [4.78, 5) is 40.9. The van der Waals surface area contributed by atoms with Crippen LogP contribution in [-0.2, 0) is 14.3 Å². The standard InChI is InChI=1S/C29H40N2O4S/c1-6-8-12-24(23-13-10-9-11-14-23)15-16-30(27(33)19-29(3,4)5)20-25-18-26(36-22-32)21-31(25)28(34)35-17-7-2/h6-14,22,25-26H,2,15-21H2,1,3-5H3/b8-6-,24-12-/t25-,26?/m0/s1. The van der Waals surface area contributed by atoms with Gasteiger partial charge in [0, 0.05) is 31.3 Å². The van der Waals surface area contributed by atoms with Gasteiger partial charge in [0.05, 0.1) is 6.04 Å². The van der Waals surface area contributed by atoms with E-state index < -0.39 is 6.09 Å². The maximum absolute atomic E-state index is 13.4. The van der Waals surface area contributed by atoms with Gasteiger partial charge in [-0.3, -0.25) is 9.59 Å². The fourth-order valence-corrected chi connectivity index (χ4v) is 4.98. The molecule has 0 aliphatic carbocycles. The second-order valence-corrected chi connectivity index (χ2v) is 11.3. The summed E-state index contributed by atoms with van der Waals surface area (Å²) in [5.74, 6) is 0.0619. The number of allylic oxidation sites excluding steroid dienone is 3. The molecule has 2 amide bonds. The van der Waals surface area contributed by atoms with Crippen LogP contribution in [0.15, 0.2) is 61.2 Å². The van der Waals surface area contributed by atoms with Crippen LogP contribution in [0.3, 0.4) is 0 Å². The first kappa shape index (κ1) is 29.4. The van der Waals surface area contributed by atoms with Crippen molar-refractivity contribution in [2.75, 3.05) is 26.2 Å². The van der Waals surface area contributed by atoms with E-state index in [4.69, 9.17) is 4.74 Å². The highest BCUT2D eigenvalue weighted by molar-refractivity contribution is 8.12. The summed E-state index contributed by atoms with van der Waals surface area (Å²) >= 11 is 1.19. The highest BCUT2D eigenvalue weighted by atomic mass is 32.2. The van der Waals surface area contributed by atoms with Crippen LogP contribution in [0, 0.1) is 5.41 Å². The van der Waals surface area contributed by atoms with E-state index in [0.29, 0.717) is 38.9 Å². The van der Waals surface area contributed by atoms with E-state index in [1.165, 1.54) is 17.8 Å². The van der Waals surface area contributed by atoms with Crippen molar-refractivity contribution in [1.29, 1.82) is 0 Å². The number of rotatable bonds is 12. The van der Waals surface area contributed by atoms with Crippen LogP contribution in [0.2, 0.25) is 0 Å². The molecule has 7 heteroatoms. The Kier molecular flexibility index (Phi) is 12.0. The van der Waals surface area contributed by atoms with E-state index in [1.54, 1.807) is 4.90 Å². The van der Waals surface area contributed by atoms with Gasteiger partial charge in [-0.25, -0.2) is 4.79 Å². The van der Waals surface area contributed by atoms with E-state index in [-0.39, 0.29) is 29.2 Å². The smallest absolute Gasteiger partial charge is 0.410 e. The summed E-state index contributed by atoms with van der Waals surface area (Å²) in [7, 11) is 0. The molecule has 0 aromatic heterocycles. The predicted molar refractivity (Wildman–Crippen MR) is 149 cm³/mol. The van der Waals surface area contributed by atoms with E-state index in [9.17, 15) is 14.4 Å². The number of amides is 2. The molecule has 2 rings (SSSR count). The number of likely N-dealkylation sites (tertiary alicyclic amines) is 1. The maximum Gasteiger partial charge on any atom is 0.410 e. The third-order valence-corrected chi connectivity index (χ3v) is 6.77. The van der Waals surface area contributed by atoms with E-state index in [2.05, 4.69) is 45.6 Å². The molecule has 1 saturated heterocycles. The SMILES string of the molecule is C=CCOC(=O)N1CC(SC=O)C[C@H]1CN(CC/C(=C/C=C\C)c1ccccc1)C(=O)CC(C)(C)C. The van der Waals surface area contributed by atoms with Crippen molar-refractivity contribution in [2.45, 2.75) is 58.2 Å². The minimum Gasteiger partial charge on any atom is -0.445 e. The normalized spacial score (nSPS) is 18.3. The molecule has 36 heavy (non-hydrogen) atoms. The third kappa shape index (κ3) is 9.69. The van der Waals surface area contributed by atoms with Gasteiger partial charge in [0.25, 0.3) is 0 Å². The zero-order chi connectivity index (χ0) is 26.6. The Morgan fingerprint density at radius 3 is 2.58 bits per heavy atom.